The highest BCUT2D eigenvalue weighted by Crippen LogP contribution is 2.26. The summed E-state index contributed by atoms with van der Waals surface area (Å²) in [4.78, 5) is 20.6. The summed E-state index contributed by atoms with van der Waals surface area (Å²) >= 11 is 1.93. The summed E-state index contributed by atoms with van der Waals surface area (Å²) in [5, 5.41) is 6.97. The van der Waals surface area contributed by atoms with Gasteiger partial charge in [-0.3, -0.25) is 4.79 Å². The molecule has 1 saturated carbocycles. The van der Waals surface area contributed by atoms with Crippen LogP contribution in [0, 0.1) is 0 Å². The molecule has 1 aliphatic carbocycles. The summed E-state index contributed by atoms with van der Waals surface area (Å²) in [5.41, 5.74) is 0.393. The molecule has 0 atom stereocenters. The molecule has 1 fully saturated rings. The number of nitrogens with one attached hydrogen (secondary N) is 2. The van der Waals surface area contributed by atoms with Crippen LogP contribution in [0.2, 0.25) is 0 Å². The Kier molecular flexibility index (Phi) is 6.29. The van der Waals surface area contributed by atoms with Gasteiger partial charge in [-0.15, -0.1) is 0 Å². The van der Waals surface area contributed by atoms with Gasteiger partial charge < -0.3 is 10.6 Å². The average Bonchev–Trinajstić information content (AvgIpc) is 2.54. The van der Waals surface area contributed by atoms with Crippen LogP contribution in [0.25, 0.3) is 0 Å². The molecule has 0 bridgehead atoms. The van der Waals surface area contributed by atoms with Crippen molar-refractivity contribution in [3.63, 3.8) is 0 Å². The third-order valence-corrected chi connectivity index (χ3v) is 4.92. The Bertz CT molecular complexity index is 443. The highest BCUT2D eigenvalue weighted by molar-refractivity contribution is 7.99. The van der Waals surface area contributed by atoms with Crippen LogP contribution in [0.4, 0.5) is 5.82 Å². The highest BCUT2D eigenvalue weighted by Gasteiger charge is 2.22. The molecule has 1 amide bonds. The Hall–Kier alpha value is -1.30. The zero-order valence-corrected chi connectivity index (χ0v) is 13.6. The van der Waals surface area contributed by atoms with Crippen molar-refractivity contribution in [3.8, 4) is 0 Å². The predicted octanol–water partition coefficient (Wildman–Crippen LogP) is 2.70. The third-order valence-electron chi connectivity index (χ3n) is 3.78. The largest absolute Gasteiger partial charge is 0.369 e. The Morgan fingerprint density at radius 1 is 1.29 bits per heavy atom. The van der Waals surface area contributed by atoms with Crippen LogP contribution in [-0.2, 0) is 0 Å². The van der Waals surface area contributed by atoms with Gasteiger partial charge in [0.2, 0.25) is 0 Å². The van der Waals surface area contributed by atoms with Gasteiger partial charge in [-0.05, 0) is 38.4 Å². The molecule has 0 aromatic carbocycles. The van der Waals surface area contributed by atoms with E-state index < -0.39 is 0 Å². The van der Waals surface area contributed by atoms with E-state index in [1.807, 2.05) is 11.8 Å². The molecule has 21 heavy (non-hydrogen) atoms. The van der Waals surface area contributed by atoms with Crippen LogP contribution in [0.1, 0.15) is 49.5 Å². The number of carbonyl (C=O) groups excluding carboxylic acids is 1. The molecule has 6 heteroatoms. The van der Waals surface area contributed by atoms with Crippen LogP contribution in [0.15, 0.2) is 12.4 Å². The van der Waals surface area contributed by atoms with Crippen LogP contribution in [0.3, 0.4) is 0 Å². The summed E-state index contributed by atoms with van der Waals surface area (Å²) in [5.74, 6) is 0.603. The average molecular weight is 308 g/mol. The molecular weight excluding hydrogens is 284 g/mol. The first-order valence-corrected chi connectivity index (χ1v) is 8.91. The Balaban J connectivity index is 1.83. The minimum absolute atomic E-state index is 0.114. The molecule has 1 heterocycles. The molecule has 0 saturated heterocycles. The second kappa shape index (κ2) is 8.22. The first-order chi connectivity index (χ1) is 10.2. The minimum Gasteiger partial charge on any atom is -0.369 e. The first kappa shape index (κ1) is 16.1. The maximum atomic E-state index is 12.2. The van der Waals surface area contributed by atoms with Gasteiger partial charge in [-0.25, -0.2) is 9.97 Å². The maximum absolute atomic E-state index is 12.2. The van der Waals surface area contributed by atoms with E-state index in [-0.39, 0.29) is 11.9 Å². The number of anilines is 1. The highest BCUT2D eigenvalue weighted by atomic mass is 32.2. The van der Waals surface area contributed by atoms with Crippen molar-refractivity contribution >= 4 is 23.5 Å². The van der Waals surface area contributed by atoms with E-state index in [0.717, 1.165) is 31.1 Å². The van der Waals surface area contributed by atoms with Crippen molar-refractivity contribution in [1.82, 2.24) is 15.3 Å². The third kappa shape index (κ3) is 4.88. The lowest BCUT2D eigenvalue weighted by Gasteiger charge is -2.27. The van der Waals surface area contributed by atoms with Crippen LogP contribution in [0.5, 0.6) is 0 Å². The Morgan fingerprint density at radius 3 is 2.62 bits per heavy atom. The molecule has 2 rings (SSSR count). The van der Waals surface area contributed by atoms with Gasteiger partial charge in [0.25, 0.3) is 5.91 Å². The number of amides is 1. The molecule has 0 radical (unpaired) electrons. The fourth-order valence-corrected chi connectivity index (χ4v) is 3.24. The van der Waals surface area contributed by atoms with Gasteiger partial charge in [-0.1, -0.05) is 6.92 Å². The second-order valence-corrected chi connectivity index (χ2v) is 6.53. The number of hydrogen-bond acceptors (Lipinski definition) is 5. The summed E-state index contributed by atoms with van der Waals surface area (Å²) in [6, 6.07) is 0.278. The fourth-order valence-electron chi connectivity index (χ4n) is 2.49. The first-order valence-electron chi connectivity index (χ1n) is 7.62. The zero-order valence-electron chi connectivity index (χ0n) is 12.8. The number of aromatic nitrogens is 2. The number of nitrogens with zero attached hydrogens (tertiary/aromatic N) is 2. The minimum atomic E-state index is -0.114. The molecule has 0 spiro atoms. The molecule has 5 nitrogen and oxygen atoms in total. The van der Waals surface area contributed by atoms with Crippen molar-refractivity contribution in [2.45, 2.75) is 50.3 Å². The van der Waals surface area contributed by atoms with E-state index >= 15 is 0 Å². The normalized spacial score (nSPS) is 21.8. The van der Waals surface area contributed by atoms with E-state index in [0.29, 0.717) is 11.5 Å². The van der Waals surface area contributed by atoms with Crippen LogP contribution < -0.4 is 10.6 Å². The van der Waals surface area contributed by atoms with Crippen LogP contribution in [-0.4, -0.2) is 40.0 Å². The lowest BCUT2D eigenvalue weighted by molar-refractivity contribution is 0.0922. The van der Waals surface area contributed by atoms with Crippen LogP contribution >= 0.6 is 11.8 Å². The Morgan fingerprint density at radius 2 is 2.05 bits per heavy atom. The smallest absolute Gasteiger partial charge is 0.271 e. The standard InChI is InChI=1S/C15H24N4OS/c1-3-8-16-14-10-17-13(9-18-14)15(20)19-11-4-6-12(21-2)7-5-11/h9-12H,3-8H2,1-2H3,(H,16,18)(H,19,20). The van der Waals surface area contributed by atoms with Gasteiger partial charge in [0.1, 0.15) is 11.5 Å². The van der Waals surface area contributed by atoms with E-state index in [9.17, 15) is 4.79 Å². The van der Waals surface area contributed by atoms with E-state index in [1.54, 1.807) is 12.4 Å². The molecular formula is C15H24N4OS. The fraction of sp³-hybridized carbons (Fsp3) is 0.667. The van der Waals surface area contributed by atoms with E-state index in [2.05, 4.69) is 33.8 Å². The second-order valence-electron chi connectivity index (χ2n) is 5.40. The van der Waals surface area contributed by atoms with E-state index in [1.165, 1.54) is 12.8 Å². The molecule has 1 aromatic rings. The van der Waals surface area contributed by atoms with Crippen molar-refractivity contribution in [2.75, 3.05) is 18.1 Å². The summed E-state index contributed by atoms with van der Waals surface area (Å²) in [7, 11) is 0. The monoisotopic (exact) mass is 308 g/mol. The summed E-state index contributed by atoms with van der Waals surface area (Å²) in [6.45, 7) is 2.95. The quantitative estimate of drug-likeness (QED) is 0.846. The van der Waals surface area contributed by atoms with Gasteiger partial charge in [0.05, 0.1) is 12.4 Å². The molecule has 116 valence electrons. The number of thioether (sulfide) groups is 1. The van der Waals surface area contributed by atoms with Gasteiger partial charge >= 0.3 is 0 Å². The Labute approximate surface area is 130 Å². The molecule has 2 N–H and O–H groups in total. The van der Waals surface area contributed by atoms with Gasteiger partial charge in [0, 0.05) is 17.8 Å². The molecule has 0 aliphatic heterocycles. The van der Waals surface area contributed by atoms with Crippen molar-refractivity contribution in [2.24, 2.45) is 0 Å². The van der Waals surface area contributed by atoms with Gasteiger partial charge in [-0.2, -0.15) is 11.8 Å². The van der Waals surface area contributed by atoms with Crippen molar-refractivity contribution in [3.05, 3.63) is 18.1 Å². The SMILES string of the molecule is CCCNc1cnc(C(=O)NC2CCC(SC)CC2)cn1. The van der Waals surface area contributed by atoms with E-state index in [4.69, 9.17) is 0 Å². The topological polar surface area (TPSA) is 66.9 Å². The molecule has 1 aliphatic rings. The molecule has 0 unspecified atom stereocenters. The maximum Gasteiger partial charge on any atom is 0.271 e. The zero-order chi connectivity index (χ0) is 15.1. The summed E-state index contributed by atoms with van der Waals surface area (Å²) < 4.78 is 0. The number of carbonyl (C=O) groups is 1. The predicted molar refractivity (Wildman–Crippen MR) is 87.8 cm³/mol. The molecule has 1 aromatic heterocycles. The summed E-state index contributed by atoms with van der Waals surface area (Å²) in [6.07, 6.45) is 10.8. The number of hydrogen-bond donors (Lipinski definition) is 2. The lowest BCUT2D eigenvalue weighted by Crippen LogP contribution is -2.38. The lowest BCUT2D eigenvalue weighted by atomic mass is 9.95. The van der Waals surface area contributed by atoms with Crippen molar-refractivity contribution in [1.29, 1.82) is 0 Å². The number of rotatable bonds is 6. The van der Waals surface area contributed by atoms with Crippen molar-refractivity contribution < 1.29 is 4.79 Å². The van der Waals surface area contributed by atoms with Gasteiger partial charge in [0.15, 0.2) is 0 Å².